The van der Waals surface area contributed by atoms with Crippen LogP contribution in [0, 0.1) is 0 Å². The summed E-state index contributed by atoms with van der Waals surface area (Å²) in [4.78, 5) is 21.9. The lowest BCUT2D eigenvalue weighted by Gasteiger charge is -2.46. The minimum absolute atomic E-state index is 0.195. The standard InChI is InChI=1S/C19H38N4O/c1-18(2,3)22-10-8-16(9-11-22)20(7)17(24)21-12-14-23(15-13-21)19(4,5)6/h16H,8-15H2,1-7H3. The molecule has 140 valence electrons. The molecule has 2 aliphatic heterocycles. The lowest BCUT2D eigenvalue weighted by atomic mass is 9.97. The van der Waals surface area contributed by atoms with Crippen molar-refractivity contribution in [2.75, 3.05) is 46.3 Å². The maximum atomic E-state index is 12.9. The molecule has 24 heavy (non-hydrogen) atoms. The summed E-state index contributed by atoms with van der Waals surface area (Å²) < 4.78 is 0. The van der Waals surface area contributed by atoms with Crippen LogP contribution >= 0.6 is 0 Å². The van der Waals surface area contributed by atoms with Crippen LogP contribution in [0.25, 0.3) is 0 Å². The Morgan fingerprint density at radius 3 is 1.62 bits per heavy atom. The summed E-state index contributed by atoms with van der Waals surface area (Å²) in [5, 5.41) is 0. The van der Waals surface area contributed by atoms with E-state index in [1.807, 2.05) is 16.8 Å². The third kappa shape index (κ3) is 4.63. The number of carbonyl (C=O) groups is 1. The highest BCUT2D eigenvalue weighted by molar-refractivity contribution is 5.74. The Morgan fingerprint density at radius 2 is 1.21 bits per heavy atom. The molecule has 5 nitrogen and oxygen atoms in total. The van der Waals surface area contributed by atoms with Crippen LogP contribution in [0.1, 0.15) is 54.4 Å². The molecule has 2 heterocycles. The van der Waals surface area contributed by atoms with E-state index in [1.54, 1.807) is 0 Å². The first-order valence-electron chi connectivity index (χ1n) is 9.52. The molecule has 0 aromatic rings. The smallest absolute Gasteiger partial charge is 0.320 e. The predicted molar refractivity (Wildman–Crippen MR) is 100 cm³/mol. The largest absolute Gasteiger partial charge is 0.325 e. The van der Waals surface area contributed by atoms with Crippen molar-refractivity contribution < 1.29 is 4.79 Å². The number of hydrogen-bond acceptors (Lipinski definition) is 3. The summed E-state index contributed by atoms with van der Waals surface area (Å²) in [6.07, 6.45) is 2.17. The van der Waals surface area contributed by atoms with Crippen LogP contribution in [0.5, 0.6) is 0 Å². The third-order valence-corrected chi connectivity index (χ3v) is 5.76. The fourth-order valence-corrected chi connectivity index (χ4v) is 3.87. The number of carbonyl (C=O) groups excluding carboxylic acids is 1. The van der Waals surface area contributed by atoms with Crippen molar-refractivity contribution in [2.24, 2.45) is 0 Å². The van der Waals surface area contributed by atoms with Gasteiger partial charge in [-0.25, -0.2) is 4.79 Å². The highest BCUT2D eigenvalue weighted by atomic mass is 16.2. The van der Waals surface area contributed by atoms with E-state index in [9.17, 15) is 4.79 Å². The molecule has 0 saturated carbocycles. The van der Waals surface area contributed by atoms with Crippen molar-refractivity contribution in [1.29, 1.82) is 0 Å². The van der Waals surface area contributed by atoms with Crippen molar-refractivity contribution in [3.8, 4) is 0 Å². The van der Waals surface area contributed by atoms with Gasteiger partial charge < -0.3 is 9.80 Å². The van der Waals surface area contributed by atoms with Gasteiger partial charge in [0.05, 0.1) is 0 Å². The Balaban J connectivity index is 1.83. The van der Waals surface area contributed by atoms with Crippen LogP contribution in [-0.4, -0.2) is 89.1 Å². The highest BCUT2D eigenvalue weighted by Crippen LogP contribution is 2.23. The molecule has 0 aliphatic carbocycles. The van der Waals surface area contributed by atoms with Gasteiger partial charge in [0.1, 0.15) is 0 Å². The summed E-state index contributed by atoms with van der Waals surface area (Å²) in [5.74, 6) is 0. The fraction of sp³-hybridized carbons (Fsp3) is 0.947. The minimum atomic E-state index is 0.195. The van der Waals surface area contributed by atoms with Crippen LogP contribution in [0.4, 0.5) is 4.79 Å². The quantitative estimate of drug-likeness (QED) is 0.736. The summed E-state index contributed by atoms with van der Waals surface area (Å²) in [5.41, 5.74) is 0.428. The van der Waals surface area contributed by atoms with E-state index in [-0.39, 0.29) is 17.1 Å². The molecule has 2 rings (SSSR count). The lowest BCUT2D eigenvalue weighted by Crippen LogP contribution is -2.58. The van der Waals surface area contributed by atoms with Crippen LogP contribution < -0.4 is 0 Å². The van der Waals surface area contributed by atoms with E-state index in [4.69, 9.17) is 0 Å². The first kappa shape index (κ1) is 19.5. The Labute approximate surface area is 148 Å². The van der Waals surface area contributed by atoms with Gasteiger partial charge in [0.25, 0.3) is 0 Å². The topological polar surface area (TPSA) is 30.0 Å². The lowest BCUT2D eigenvalue weighted by molar-refractivity contribution is 0.0469. The van der Waals surface area contributed by atoms with E-state index in [0.717, 1.165) is 52.1 Å². The van der Waals surface area contributed by atoms with Crippen LogP contribution in [0.3, 0.4) is 0 Å². The molecule has 0 N–H and O–H groups in total. The molecule has 0 radical (unpaired) electrons. The SMILES string of the molecule is CN(C(=O)N1CCN(C(C)(C)C)CC1)C1CCN(C(C)(C)C)CC1. The summed E-state index contributed by atoms with van der Waals surface area (Å²) in [6.45, 7) is 19.4. The van der Waals surface area contributed by atoms with Crippen molar-refractivity contribution >= 4 is 6.03 Å². The second-order valence-electron chi connectivity index (χ2n) is 9.43. The van der Waals surface area contributed by atoms with Crippen LogP contribution in [0.15, 0.2) is 0 Å². The summed E-state index contributed by atoms with van der Waals surface area (Å²) in [6, 6.07) is 0.606. The maximum absolute atomic E-state index is 12.9. The van der Waals surface area contributed by atoms with E-state index in [0.29, 0.717) is 6.04 Å². The van der Waals surface area contributed by atoms with Gasteiger partial charge in [-0.1, -0.05) is 0 Å². The summed E-state index contributed by atoms with van der Waals surface area (Å²) >= 11 is 0. The number of piperidine rings is 1. The first-order chi connectivity index (χ1) is 11.0. The molecule has 2 amide bonds. The molecule has 0 aromatic carbocycles. The highest BCUT2D eigenvalue weighted by Gasteiger charge is 2.33. The molecule has 5 heteroatoms. The Bertz CT molecular complexity index is 422. The van der Waals surface area contributed by atoms with E-state index >= 15 is 0 Å². The zero-order valence-corrected chi connectivity index (χ0v) is 16.9. The van der Waals surface area contributed by atoms with Crippen LogP contribution in [0.2, 0.25) is 0 Å². The average Bonchev–Trinajstić information content (AvgIpc) is 2.52. The van der Waals surface area contributed by atoms with E-state index in [1.165, 1.54) is 0 Å². The van der Waals surface area contributed by atoms with Gasteiger partial charge in [-0.05, 0) is 54.4 Å². The molecule has 0 atom stereocenters. The van der Waals surface area contributed by atoms with E-state index in [2.05, 4.69) is 51.3 Å². The third-order valence-electron chi connectivity index (χ3n) is 5.76. The van der Waals surface area contributed by atoms with E-state index < -0.39 is 0 Å². The zero-order valence-electron chi connectivity index (χ0n) is 16.9. The van der Waals surface area contributed by atoms with Crippen molar-refractivity contribution in [3.05, 3.63) is 0 Å². The van der Waals surface area contributed by atoms with Gasteiger partial charge in [0.15, 0.2) is 0 Å². The fourth-order valence-electron chi connectivity index (χ4n) is 3.87. The van der Waals surface area contributed by atoms with Crippen molar-refractivity contribution in [3.63, 3.8) is 0 Å². The Hall–Kier alpha value is -0.810. The van der Waals surface area contributed by atoms with Crippen molar-refractivity contribution in [1.82, 2.24) is 19.6 Å². The Kier molecular flexibility index (Phi) is 5.86. The monoisotopic (exact) mass is 338 g/mol. The normalized spacial score (nSPS) is 22.7. The minimum Gasteiger partial charge on any atom is -0.325 e. The van der Waals surface area contributed by atoms with Gasteiger partial charge in [0, 0.05) is 63.4 Å². The molecule has 2 aliphatic rings. The zero-order chi connectivity index (χ0) is 18.1. The second-order valence-corrected chi connectivity index (χ2v) is 9.43. The molecule has 2 fully saturated rings. The second kappa shape index (κ2) is 7.20. The van der Waals surface area contributed by atoms with Gasteiger partial charge in [-0.15, -0.1) is 0 Å². The van der Waals surface area contributed by atoms with Crippen LogP contribution in [-0.2, 0) is 0 Å². The van der Waals surface area contributed by atoms with Gasteiger partial charge in [-0.3, -0.25) is 9.80 Å². The number of hydrogen-bond donors (Lipinski definition) is 0. The predicted octanol–water partition coefficient (Wildman–Crippen LogP) is 2.72. The first-order valence-corrected chi connectivity index (χ1v) is 9.52. The van der Waals surface area contributed by atoms with Gasteiger partial charge >= 0.3 is 6.03 Å². The molecule has 0 aromatic heterocycles. The van der Waals surface area contributed by atoms with Gasteiger partial charge in [-0.2, -0.15) is 0 Å². The number of urea groups is 1. The number of likely N-dealkylation sites (tertiary alicyclic amines) is 1. The average molecular weight is 339 g/mol. The number of piperazine rings is 1. The molecule has 2 saturated heterocycles. The molecule has 0 spiro atoms. The molecular weight excluding hydrogens is 300 g/mol. The molecule has 0 unspecified atom stereocenters. The van der Waals surface area contributed by atoms with Crippen molar-refractivity contribution in [2.45, 2.75) is 71.5 Å². The molecular formula is C19H38N4O. The number of amides is 2. The molecule has 0 bridgehead atoms. The van der Waals surface area contributed by atoms with Gasteiger partial charge in [0.2, 0.25) is 0 Å². The maximum Gasteiger partial charge on any atom is 0.320 e. The summed E-state index contributed by atoms with van der Waals surface area (Å²) in [7, 11) is 2.00. The number of nitrogens with zero attached hydrogens (tertiary/aromatic N) is 4. The number of rotatable bonds is 1. The Morgan fingerprint density at radius 1 is 0.792 bits per heavy atom.